The van der Waals surface area contributed by atoms with Gasteiger partial charge in [0.2, 0.25) is 0 Å². The third-order valence-electron chi connectivity index (χ3n) is 4.29. The second-order valence-electron chi connectivity index (χ2n) is 6.36. The molecule has 23 heavy (non-hydrogen) atoms. The molecule has 4 heteroatoms. The van der Waals surface area contributed by atoms with Crippen LogP contribution < -0.4 is 10.2 Å². The number of pyridine rings is 1. The van der Waals surface area contributed by atoms with Gasteiger partial charge in [0, 0.05) is 25.0 Å². The molecule has 4 nitrogen and oxygen atoms in total. The number of nitrogens with one attached hydrogen (secondary N) is 1. The Morgan fingerprint density at radius 2 is 1.83 bits per heavy atom. The fourth-order valence-corrected chi connectivity index (χ4v) is 2.85. The first-order chi connectivity index (χ1) is 11.1. The number of anilines is 2. The lowest BCUT2D eigenvalue weighted by Crippen LogP contribution is -2.19. The topological polar surface area (TPSA) is 45.2 Å². The van der Waals surface area contributed by atoms with Crippen LogP contribution in [0.5, 0.6) is 0 Å². The van der Waals surface area contributed by atoms with Crippen molar-refractivity contribution in [3.63, 3.8) is 0 Å². The zero-order chi connectivity index (χ0) is 16.2. The fraction of sp³-hybridized carbons (Fsp3) is 0.368. The van der Waals surface area contributed by atoms with E-state index in [4.69, 9.17) is 0 Å². The van der Waals surface area contributed by atoms with Crippen LogP contribution in [0.2, 0.25) is 0 Å². The molecule has 1 saturated heterocycles. The van der Waals surface area contributed by atoms with Gasteiger partial charge < -0.3 is 10.2 Å². The maximum atomic E-state index is 12.4. The minimum Gasteiger partial charge on any atom is -0.370 e. The number of hydrogen-bond donors (Lipinski definition) is 1. The highest BCUT2D eigenvalue weighted by Crippen LogP contribution is 2.21. The monoisotopic (exact) mass is 309 g/mol. The van der Waals surface area contributed by atoms with Crippen molar-refractivity contribution in [1.82, 2.24) is 4.98 Å². The molecule has 0 radical (unpaired) electrons. The minimum atomic E-state index is -0.115. The van der Waals surface area contributed by atoms with Crippen molar-refractivity contribution in [2.45, 2.75) is 32.6 Å². The van der Waals surface area contributed by atoms with Gasteiger partial charge in [-0.3, -0.25) is 9.78 Å². The summed E-state index contributed by atoms with van der Waals surface area (Å²) in [5.41, 5.74) is 3.71. The Kier molecular flexibility index (Phi) is 4.60. The van der Waals surface area contributed by atoms with E-state index >= 15 is 0 Å². The lowest BCUT2D eigenvalue weighted by molar-refractivity contribution is 0.102. The highest BCUT2D eigenvalue weighted by Gasteiger charge is 2.15. The number of carbonyl (C=O) groups is 1. The Hall–Kier alpha value is -2.36. The Labute approximate surface area is 137 Å². The van der Waals surface area contributed by atoms with Crippen molar-refractivity contribution in [3.8, 4) is 0 Å². The van der Waals surface area contributed by atoms with Crippen LogP contribution in [-0.2, 0) is 0 Å². The smallest absolute Gasteiger partial charge is 0.257 e. The van der Waals surface area contributed by atoms with E-state index in [1.165, 1.54) is 18.4 Å². The lowest BCUT2D eigenvalue weighted by Gasteiger charge is -2.17. The Balaban J connectivity index is 1.71. The first kappa shape index (κ1) is 15.5. The summed E-state index contributed by atoms with van der Waals surface area (Å²) in [4.78, 5) is 18.9. The van der Waals surface area contributed by atoms with Gasteiger partial charge >= 0.3 is 0 Å². The highest BCUT2D eigenvalue weighted by molar-refractivity contribution is 6.04. The molecule has 1 aliphatic heterocycles. The average molecular weight is 309 g/mol. The first-order valence-corrected chi connectivity index (χ1v) is 8.25. The van der Waals surface area contributed by atoms with Crippen LogP contribution in [0.4, 0.5) is 11.4 Å². The van der Waals surface area contributed by atoms with Crippen LogP contribution in [0.3, 0.4) is 0 Å². The molecular formula is C19H23N3O. The maximum absolute atomic E-state index is 12.4. The molecule has 2 aromatic rings. The zero-order valence-electron chi connectivity index (χ0n) is 13.7. The molecule has 3 rings (SSSR count). The molecule has 120 valence electrons. The van der Waals surface area contributed by atoms with Gasteiger partial charge in [-0.05, 0) is 42.5 Å². The molecule has 1 aromatic carbocycles. The zero-order valence-corrected chi connectivity index (χ0v) is 13.7. The summed E-state index contributed by atoms with van der Waals surface area (Å²) in [6.07, 6.45) is 5.87. The maximum Gasteiger partial charge on any atom is 0.257 e. The van der Waals surface area contributed by atoms with Gasteiger partial charge in [-0.2, -0.15) is 0 Å². The normalized spacial score (nSPS) is 14.3. The van der Waals surface area contributed by atoms with Gasteiger partial charge in [0.15, 0.2) is 0 Å². The van der Waals surface area contributed by atoms with E-state index in [2.05, 4.69) is 41.2 Å². The summed E-state index contributed by atoms with van der Waals surface area (Å²) >= 11 is 0. The van der Waals surface area contributed by atoms with Crippen LogP contribution in [0, 0.1) is 0 Å². The molecule has 0 aliphatic carbocycles. The number of nitrogens with zero attached hydrogens (tertiary/aromatic N) is 2. The molecule has 0 bridgehead atoms. The van der Waals surface area contributed by atoms with Crippen molar-refractivity contribution in [3.05, 3.63) is 53.9 Å². The number of amides is 1. The quantitative estimate of drug-likeness (QED) is 0.926. The lowest BCUT2D eigenvalue weighted by atomic mass is 10.0. The van der Waals surface area contributed by atoms with Crippen LogP contribution in [0.1, 0.15) is 48.5 Å². The van der Waals surface area contributed by atoms with E-state index in [0.717, 1.165) is 24.5 Å². The van der Waals surface area contributed by atoms with Crippen molar-refractivity contribution in [1.29, 1.82) is 0 Å². The highest BCUT2D eigenvalue weighted by atomic mass is 16.1. The molecule has 1 aliphatic rings. The summed E-state index contributed by atoms with van der Waals surface area (Å²) in [6.45, 7) is 6.40. The van der Waals surface area contributed by atoms with Gasteiger partial charge in [-0.1, -0.05) is 26.0 Å². The third-order valence-corrected chi connectivity index (χ3v) is 4.29. The van der Waals surface area contributed by atoms with Crippen LogP contribution in [0.25, 0.3) is 0 Å². The number of carbonyl (C=O) groups excluding carboxylic acids is 1. The SMILES string of the molecule is CC(C)c1ccc(NC(=O)c2cncc(N3CCCC3)c2)cc1. The van der Waals surface area contributed by atoms with Gasteiger partial charge in [0.1, 0.15) is 0 Å². The molecule has 0 atom stereocenters. The van der Waals surface area contributed by atoms with Crippen molar-refractivity contribution in [2.75, 3.05) is 23.3 Å². The van der Waals surface area contributed by atoms with Crippen LogP contribution in [-0.4, -0.2) is 24.0 Å². The number of benzene rings is 1. The molecule has 0 unspecified atom stereocenters. The van der Waals surface area contributed by atoms with Crippen LogP contribution in [0.15, 0.2) is 42.7 Å². The van der Waals surface area contributed by atoms with Crippen LogP contribution >= 0.6 is 0 Å². The summed E-state index contributed by atoms with van der Waals surface area (Å²) in [5.74, 6) is 0.372. The second kappa shape index (κ2) is 6.82. The fourth-order valence-electron chi connectivity index (χ4n) is 2.85. The van der Waals surface area contributed by atoms with Crippen molar-refractivity contribution in [2.24, 2.45) is 0 Å². The van der Waals surface area contributed by atoms with E-state index in [9.17, 15) is 4.79 Å². The Morgan fingerprint density at radius 1 is 1.13 bits per heavy atom. The predicted octanol–water partition coefficient (Wildman–Crippen LogP) is 4.06. The van der Waals surface area contributed by atoms with Gasteiger partial charge in [-0.25, -0.2) is 0 Å². The number of hydrogen-bond acceptors (Lipinski definition) is 3. The summed E-state index contributed by atoms with van der Waals surface area (Å²) in [5, 5.41) is 2.94. The average Bonchev–Trinajstić information content (AvgIpc) is 3.10. The summed E-state index contributed by atoms with van der Waals surface area (Å²) in [7, 11) is 0. The van der Waals surface area contributed by atoms with Gasteiger partial charge in [0.05, 0.1) is 17.4 Å². The largest absolute Gasteiger partial charge is 0.370 e. The summed E-state index contributed by atoms with van der Waals surface area (Å²) in [6, 6.07) is 9.93. The van der Waals surface area contributed by atoms with Crippen molar-refractivity contribution >= 4 is 17.3 Å². The van der Waals surface area contributed by atoms with E-state index in [1.54, 1.807) is 6.20 Å². The van der Waals surface area contributed by atoms with Gasteiger partial charge in [0.25, 0.3) is 5.91 Å². The molecule has 1 fully saturated rings. The molecule has 1 aromatic heterocycles. The molecule has 0 spiro atoms. The Bertz CT molecular complexity index is 673. The van der Waals surface area contributed by atoms with E-state index in [-0.39, 0.29) is 5.91 Å². The second-order valence-corrected chi connectivity index (χ2v) is 6.36. The van der Waals surface area contributed by atoms with E-state index in [0.29, 0.717) is 11.5 Å². The van der Waals surface area contributed by atoms with E-state index in [1.807, 2.05) is 24.4 Å². The predicted molar refractivity (Wildman–Crippen MR) is 94.2 cm³/mol. The first-order valence-electron chi connectivity index (χ1n) is 8.25. The molecule has 1 amide bonds. The van der Waals surface area contributed by atoms with E-state index < -0.39 is 0 Å². The summed E-state index contributed by atoms with van der Waals surface area (Å²) < 4.78 is 0. The minimum absolute atomic E-state index is 0.115. The molecule has 1 N–H and O–H groups in total. The third kappa shape index (κ3) is 3.70. The number of rotatable bonds is 4. The molecule has 2 heterocycles. The molecular weight excluding hydrogens is 286 g/mol. The Morgan fingerprint density at radius 3 is 2.48 bits per heavy atom. The number of aromatic nitrogens is 1. The standard InChI is InChI=1S/C19H23N3O/c1-14(2)15-5-7-17(8-6-15)21-19(23)16-11-18(13-20-12-16)22-9-3-4-10-22/h5-8,11-14H,3-4,9-10H2,1-2H3,(H,21,23). The van der Waals surface area contributed by atoms with Crippen molar-refractivity contribution < 1.29 is 4.79 Å². The van der Waals surface area contributed by atoms with Gasteiger partial charge in [-0.15, -0.1) is 0 Å². The molecule has 0 saturated carbocycles.